The lowest BCUT2D eigenvalue weighted by Crippen LogP contribution is -2.30. The van der Waals surface area contributed by atoms with Crippen molar-refractivity contribution < 1.29 is 23.8 Å². The molecule has 32 heavy (non-hydrogen) atoms. The summed E-state index contributed by atoms with van der Waals surface area (Å²) in [6.07, 6.45) is 3.06. The maximum Gasteiger partial charge on any atom is 0.300 e. The van der Waals surface area contributed by atoms with Gasteiger partial charge in [0.25, 0.3) is 11.7 Å². The zero-order valence-electron chi connectivity index (χ0n) is 17.2. The number of aromatic nitrogens is 1. The number of aliphatic hydroxyl groups is 1. The Kier molecular flexibility index (Phi) is 5.67. The molecule has 1 unspecified atom stereocenters. The molecule has 8 heteroatoms. The first-order valence-corrected chi connectivity index (χ1v) is 10.0. The van der Waals surface area contributed by atoms with Gasteiger partial charge in [-0.05, 0) is 60.5 Å². The topological polar surface area (TPSA) is 79.7 Å². The Labute approximate surface area is 188 Å². The first kappa shape index (κ1) is 21.5. The Morgan fingerprint density at radius 1 is 1.19 bits per heavy atom. The minimum atomic E-state index is -0.989. The lowest BCUT2D eigenvalue weighted by atomic mass is 9.95. The van der Waals surface area contributed by atoms with Gasteiger partial charge in [0.1, 0.15) is 17.3 Å². The van der Waals surface area contributed by atoms with E-state index < -0.39 is 29.3 Å². The Morgan fingerprint density at radius 2 is 1.97 bits per heavy atom. The molecule has 6 nitrogen and oxygen atoms in total. The minimum absolute atomic E-state index is 0.0350. The maximum absolute atomic E-state index is 14.0. The fourth-order valence-electron chi connectivity index (χ4n) is 3.83. The molecule has 1 aromatic heterocycles. The summed E-state index contributed by atoms with van der Waals surface area (Å²) in [5, 5.41) is 11.6. The zero-order valence-corrected chi connectivity index (χ0v) is 17.9. The molecule has 2 heterocycles. The monoisotopic (exact) mass is 452 g/mol. The fourth-order valence-corrected chi connectivity index (χ4v) is 4.06. The first-order valence-electron chi connectivity index (χ1n) is 9.64. The number of pyridine rings is 1. The highest BCUT2D eigenvalue weighted by molar-refractivity contribution is 6.51. The predicted molar refractivity (Wildman–Crippen MR) is 118 cm³/mol. The highest BCUT2D eigenvalue weighted by atomic mass is 35.5. The van der Waals surface area contributed by atoms with Gasteiger partial charge in [-0.2, -0.15) is 0 Å². The van der Waals surface area contributed by atoms with Crippen LogP contribution in [-0.2, 0) is 9.59 Å². The van der Waals surface area contributed by atoms with Gasteiger partial charge in [-0.1, -0.05) is 17.7 Å². The number of carbonyl (C=O) groups excluding carboxylic acids is 2. The van der Waals surface area contributed by atoms with E-state index in [4.69, 9.17) is 16.3 Å². The van der Waals surface area contributed by atoms with Crippen LogP contribution in [0.4, 0.5) is 10.1 Å². The number of hydrogen-bond acceptors (Lipinski definition) is 5. The average Bonchev–Trinajstić information content (AvgIpc) is 3.04. The third kappa shape index (κ3) is 3.61. The normalized spacial score (nSPS) is 17.6. The van der Waals surface area contributed by atoms with Gasteiger partial charge in [0.15, 0.2) is 0 Å². The second kappa shape index (κ2) is 8.43. The van der Waals surface area contributed by atoms with Crippen LogP contribution in [0.1, 0.15) is 22.7 Å². The lowest BCUT2D eigenvalue weighted by molar-refractivity contribution is -0.132. The molecule has 0 spiro atoms. The van der Waals surface area contributed by atoms with Gasteiger partial charge in [-0.25, -0.2) is 4.39 Å². The Morgan fingerprint density at radius 3 is 2.62 bits per heavy atom. The molecular formula is C24H18ClFN2O4. The van der Waals surface area contributed by atoms with Crippen LogP contribution < -0.4 is 9.64 Å². The summed E-state index contributed by atoms with van der Waals surface area (Å²) in [5.41, 5.74) is 1.39. The van der Waals surface area contributed by atoms with Crippen molar-refractivity contribution in [3.63, 3.8) is 0 Å². The number of nitrogens with zero attached hydrogens (tertiary/aromatic N) is 2. The standard InChI is InChI=1S/C24H18ClFN2O4/c1-13-10-15(25)5-7-18(13)28-21(14-4-3-9-27-12-14)20(23(30)24(28)31)22(29)17-11-16(26)6-8-19(17)32-2/h3-12,21,29H,1-2H3/b22-20+. The molecule has 0 aliphatic carbocycles. The highest BCUT2D eigenvalue weighted by Gasteiger charge is 2.47. The van der Waals surface area contributed by atoms with Crippen LogP contribution in [0, 0.1) is 12.7 Å². The molecule has 1 saturated heterocycles. The van der Waals surface area contributed by atoms with Gasteiger partial charge in [0, 0.05) is 23.1 Å². The van der Waals surface area contributed by atoms with E-state index in [-0.39, 0.29) is 16.9 Å². The van der Waals surface area contributed by atoms with Crippen molar-refractivity contribution in [3.8, 4) is 5.75 Å². The molecule has 1 amide bonds. The third-order valence-electron chi connectivity index (χ3n) is 5.28. The van der Waals surface area contributed by atoms with Crippen LogP contribution in [0.25, 0.3) is 5.76 Å². The number of ketones is 1. The van der Waals surface area contributed by atoms with Crippen LogP contribution in [-0.4, -0.2) is 28.9 Å². The molecule has 3 aromatic rings. The van der Waals surface area contributed by atoms with E-state index in [9.17, 15) is 19.1 Å². The maximum atomic E-state index is 14.0. The number of benzene rings is 2. The molecular weight excluding hydrogens is 435 g/mol. The van der Waals surface area contributed by atoms with E-state index in [1.165, 1.54) is 30.3 Å². The largest absolute Gasteiger partial charge is 0.507 e. The quantitative estimate of drug-likeness (QED) is 0.349. The number of hydrogen-bond donors (Lipinski definition) is 1. The number of methoxy groups -OCH3 is 1. The number of rotatable bonds is 4. The van der Waals surface area contributed by atoms with Gasteiger partial charge in [-0.15, -0.1) is 0 Å². The third-order valence-corrected chi connectivity index (χ3v) is 5.51. The summed E-state index contributed by atoms with van der Waals surface area (Å²) < 4.78 is 19.2. The summed E-state index contributed by atoms with van der Waals surface area (Å²) in [4.78, 5) is 31.7. The van der Waals surface area contributed by atoms with Crippen molar-refractivity contribution in [1.82, 2.24) is 4.98 Å². The summed E-state index contributed by atoms with van der Waals surface area (Å²) in [6, 6.07) is 10.8. The minimum Gasteiger partial charge on any atom is -0.507 e. The van der Waals surface area contributed by atoms with Crippen LogP contribution in [0.2, 0.25) is 5.02 Å². The van der Waals surface area contributed by atoms with Gasteiger partial charge in [0.2, 0.25) is 0 Å². The number of Topliss-reactive ketones (excluding diaryl/α,β-unsaturated/α-hetero) is 1. The van der Waals surface area contributed by atoms with Gasteiger partial charge < -0.3 is 9.84 Å². The molecule has 1 fully saturated rings. The Balaban J connectivity index is 2.00. The van der Waals surface area contributed by atoms with E-state index in [1.54, 1.807) is 43.5 Å². The summed E-state index contributed by atoms with van der Waals surface area (Å²) in [6.45, 7) is 1.76. The van der Waals surface area contributed by atoms with Crippen molar-refractivity contribution in [2.45, 2.75) is 13.0 Å². The number of halogens is 2. The molecule has 0 radical (unpaired) electrons. The van der Waals surface area contributed by atoms with Crippen LogP contribution >= 0.6 is 11.6 Å². The first-order chi connectivity index (χ1) is 15.3. The number of carbonyl (C=O) groups is 2. The second-order valence-electron chi connectivity index (χ2n) is 7.23. The molecule has 1 N–H and O–H groups in total. The van der Waals surface area contributed by atoms with Crippen LogP contribution in [0.5, 0.6) is 5.75 Å². The summed E-state index contributed by atoms with van der Waals surface area (Å²) in [7, 11) is 1.36. The predicted octanol–water partition coefficient (Wildman–Crippen LogP) is 4.82. The number of aryl methyl sites for hydroxylation is 1. The van der Waals surface area contributed by atoms with E-state index >= 15 is 0 Å². The summed E-state index contributed by atoms with van der Waals surface area (Å²) in [5.74, 6) is -2.75. The Hall–Kier alpha value is -3.71. The van der Waals surface area contributed by atoms with Crippen molar-refractivity contribution in [2.75, 3.05) is 12.0 Å². The highest BCUT2D eigenvalue weighted by Crippen LogP contribution is 2.44. The molecule has 1 aliphatic rings. The average molecular weight is 453 g/mol. The molecule has 1 atom stereocenters. The lowest BCUT2D eigenvalue weighted by Gasteiger charge is -2.26. The van der Waals surface area contributed by atoms with Crippen molar-refractivity contribution in [1.29, 1.82) is 0 Å². The van der Waals surface area contributed by atoms with Gasteiger partial charge in [-0.3, -0.25) is 19.5 Å². The van der Waals surface area contributed by atoms with Gasteiger partial charge >= 0.3 is 0 Å². The molecule has 162 valence electrons. The smallest absolute Gasteiger partial charge is 0.300 e. The van der Waals surface area contributed by atoms with Crippen LogP contribution in [0.3, 0.4) is 0 Å². The van der Waals surface area contributed by atoms with E-state index in [0.717, 1.165) is 6.07 Å². The molecule has 1 aliphatic heterocycles. The van der Waals surface area contributed by atoms with E-state index in [0.29, 0.717) is 21.8 Å². The molecule has 4 rings (SSSR count). The number of anilines is 1. The van der Waals surface area contributed by atoms with Gasteiger partial charge in [0.05, 0.1) is 24.3 Å². The SMILES string of the molecule is COc1ccc(F)cc1/C(O)=C1\C(=O)C(=O)N(c2ccc(Cl)cc2C)C1c1cccnc1. The van der Waals surface area contributed by atoms with E-state index in [1.807, 2.05) is 0 Å². The number of amides is 1. The summed E-state index contributed by atoms with van der Waals surface area (Å²) >= 11 is 6.07. The van der Waals surface area contributed by atoms with Crippen molar-refractivity contribution in [2.24, 2.45) is 0 Å². The Bertz CT molecular complexity index is 1260. The molecule has 2 aromatic carbocycles. The molecule has 0 saturated carbocycles. The number of aliphatic hydroxyl groups excluding tert-OH is 1. The fraction of sp³-hybridized carbons (Fsp3) is 0.125. The number of ether oxygens (including phenoxy) is 1. The van der Waals surface area contributed by atoms with Crippen molar-refractivity contribution >= 4 is 34.7 Å². The van der Waals surface area contributed by atoms with Crippen molar-refractivity contribution in [3.05, 3.63) is 94.0 Å². The zero-order chi connectivity index (χ0) is 23.0. The molecule has 0 bridgehead atoms. The van der Waals surface area contributed by atoms with Crippen LogP contribution in [0.15, 0.2) is 66.5 Å². The van der Waals surface area contributed by atoms with E-state index in [2.05, 4.69) is 4.98 Å². The second-order valence-corrected chi connectivity index (χ2v) is 7.67.